The molecule has 1 rings (SSSR count). The van der Waals surface area contributed by atoms with E-state index in [-0.39, 0.29) is 0 Å². The third-order valence-electron chi connectivity index (χ3n) is 1.22. The summed E-state index contributed by atoms with van der Waals surface area (Å²) in [7, 11) is 0. The Morgan fingerprint density at radius 3 is 1.91 bits per heavy atom. The number of hydrogen-bond acceptors (Lipinski definition) is 7. The second-order valence-corrected chi connectivity index (χ2v) is 2.00. The number of aliphatic hydroxyl groups excluding tert-OH is 1. The van der Waals surface area contributed by atoms with Crippen molar-refractivity contribution in [3.8, 4) is 0 Å². The van der Waals surface area contributed by atoms with Gasteiger partial charge >= 0.3 is 17.9 Å². The molecule has 7 nitrogen and oxygen atoms in total. The van der Waals surface area contributed by atoms with E-state index >= 15 is 0 Å². The molecule has 1 saturated heterocycles. The molecule has 7 heteroatoms. The number of carbonyl (C=O) groups is 1. The second-order valence-electron chi connectivity index (χ2n) is 2.00. The van der Waals surface area contributed by atoms with Gasteiger partial charge in [0.15, 0.2) is 0 Å². The van der Waals surface area contributed by atoms with Crippen molar-refractivity contribution in [2.24, 2.45) is 0 Å². The van der Waals surface area contributed by atoms with Crippen LogP contribution in [0.4, 0.5) is 4.79 Å². The van der Waals surface area contributed by atoms with Crippen molar-refractivity contribution in [3.63, 3.8) is 0 Å². The van der Waals surface area contributed by atoms with Crippen molar-refractivity contribution < 1.29 is 34.7 Å². The first-order valence-electron chi connectivity index (χ1n) is 2.61. The lowest BCUT2D eigenvalue weighted by atomic mass is 10.2. The molecule has 1 heterocycles. The first kappa shape index (κ1) is 8.21. The van der Waals surface area contributed by atoms with Crippen LogP contribution in [0.2, 0.25) is 0 Å². The summed E-state index contributed by atoms with van der Waals surface area (Å²) < 4.78 is 7.96. The highest BCUT2D eigenvalue weighted by Gasteiger charge is 2.64. The van der Waals surface area contributed by atoms with E-state index in [0.717, 1.165) is 0 Å². The number of aliphatic hydroxyl groups is 4. The molecule has 0 aromatic carbocycles. The molecule has 0 unspecified atom stereocenters. The first-order valence-corrected chi connectivity index (χ1v) is 2.61. The van der Waals surface area contributed by atoms with Gasteiger partial charge in [-0.1, -0.05) is 0 Å². The number of hydrogen-bond donors (Lipinski definition) is 4. The van der Waals surface area contributed by atoms with E-state index in [1.807, 2.05) is 0 Å². The molecule has 64 valence electrons. The van der Waals surface area contributed by atoms with Crippen molar-refractivity contribution in [1.29, 1.82) is 0 Å². The molecular weight excluding hydrogens is 160 g/mol. The fourth-order valence-corrected chi connectivity index (χ4v) is 0.584. The Morgan fingerprint density at radius 2 is 1.82 bits per heavy atom. The van der Waals surface area contributed by atoms with Gasteiger partial charge in [0, 0.05) is 0 Å². The molecule has 4 N–H and O–H groups in total. The van der Waals surface area contributed by atoms with Gasteiger partial charge in [0.1, 0.15) is 6.61 Å². The van der Waals surface area contributed by atoms with E-state index < -0.39 is 24.5 Å². The molecule has 1 fully saturated rings. The Kier molecular flexibility index (Phi) is 1.53. The fraction of sp³-hybridized carbons (Fsp3) is 0.750. The number of cyclic esters (lactones) is 2. The molecule has 1 aliphatic rings. The Bertz CT molecular complexity index is 171. The van der Waals surface area contributed by atoms with Crippen LogP contribution in [0, 0.1) is 0 Å². The van der Waals surface area contributed by atoms with Crippen LogP contribution >= 0.6 is 0 Å². The highest BCUT2D eigenvalue weighted by atomic mass is 16.9. The first-order chi connectivity index (χ1) is 4.91. The maximum atomic E-state index is 10.0. The summed E-state index contributed by atoms with van der Waals surface area (Å²) in [4.78, 5) is 10.0. The maximum Gasteiger partial charge on any atom is 0.515 e. The molecule has 0 aliphatic carbocycles. The summed E-state index contributed by atoms with van der Waals surface area (Å²) in [6.07, 6.45) is -1.19. The molecule has 0 aromatic heterocycles. The van der Waals surface area contributed by atoms with Crippen LogP contribution in [0.5, 0.6) is 0 Å². The van der Waals surface area contributed by atoms with Crippen molar-refractivity contribution in [3.05, 3.63) is 0 Å². The molecule has 11 heavy (non-hydrogen) atoms. The lowest BCUT2D eigenvalue weighted by Crippen LogP contribution is -2.68. The number of carbonyl (C=O) groups excluding carboxylic acids is 1. The normalized spacial score (nSPS) is 21.6. The van der Waals surface area contributed by atoms with E-state index in [1.54, 1.807) is 0 Å². The molecule has 0 spiro atoms. The molecular formula is C4H6O7. The SMILES string of the molecule is O=C1OC(CO)(C(O)(O)O)O1. The molecule has 1 aliphatic heterocycles. The Labute approximate surface area is 60.4 Å². The van der Waals surface area contributed by atoms with Crippen LogP contribution in [-0.4, -0.2) is 44.9 Å². The fourth-order valence-electron chi connectivity index (χ4n) is 0.584. The van der Waals surface area contributed by atoms with Crippen LogP contribution in [0.25, 0.3) is 0 Å². The second kappa shape index (κ2) is 2.05. The quantitative estimate of drug-likeness (QED) is 0.264. The van der Waals surface area contributed by atoms with Gasteiger partial charge in [0.05, 0.1) is 0 Å². The van der Waals surface area contributed by atoms with Crippen molar-refractivity contribution in [2.75, 3.05) is 6.61 Å². The highest BCUT2D eigenvalue weighted by molar-refractivity contribution is 5.66. The zero-order valence-electron chi connectivity index (χ0n) is 5.22. The lowest BCUT2D eigenvalue weighted by Gasteiger charge is -2.41. The number of ether oxygens (including phenoxy) is 2. The predicted octanol–water partition coefficient (Wildman–Crippen LogP) is -2.53. The molecule has 0 aromatic rings. The van der Waals surface area contributed by atoms with E-state index in [2.05, 4.69) is 9.47 Å². The van der Waals surface area contributed by atoms with Crippen molar-refractivity contribution >= 4 is 6.16 Å². The van der Waals surface area contributed by atoms with E-state index in [9.17, 15) is 4.79 Å². The average Bonchev–Trinajstić information content (AvgIpc) is 1.77. The monoisotopic (exact) mass is 166 g/mol. The van der Waals surface area contributed by atoms with Crippen LogP contribution in [0.3, 0.4) is 0 Å². The lowest BCUT2D eigenvalue weighted by molar-refractivity contribution is -0.482. The van der Waals surface area contributed by atoms with Gasteiger partial charge in [-0.05, 0) is 0 Å². The zero-order valence-corrected chi connectivity index (χ0v) is 5.22. The minimum Gasteiger partial charge on any atom is -0.388 e. The van der Waals surface area contributed by atoms with Gasteiger partial charge in [-0.15, -0.1) is 0 Å². The minimum atomic E-state index is -3.39. The van der Waals surface area contributed by atoms with Gasteiger partial charge in [0.2, 0.25) is 0 Å². The summed E-state index contributed by atoms with van der Waals surface area (Å²) in [5, 5.41) is 33.8. The molecule has 0 amide bonds. The van der Waals surface area contributed by atoms with Crippen molar-refractivity contribution in [2.45, 2.75) is 11.8 Å². The summed E-state index contributed by atoms with van der Waals surface area (Å²) in [5.74, 6) is -5.85. The van der Waals surface area contributed by atoms with Gasteiger partial charge in [0.25, 0.3) is 0 Å². The topological polar surface area (TPSA) is 116 Å². The average molecular weight is 166 g/mol. The maximum absolute atomic E-state index is 10.0. The van der Waals surface area contributed by atoms with E-state index in [0.29, 0.717) is 0 Å². The van der Waals surface area contributed by atoms with E-state index in [1.165, 1.54) is 0 Å². The van der Waals surface area contributed by atoms with Gasteiger partial charge in [-0.2, -0.15) is 0 Å². The minimum absolute atomic E-state index is 1.05. The van der Waals surface area contributed by atoms with Crippen LogP contribution in [0.15, 0.2) is 0 Å². The molecule has 0 bridgehead atoms. The summed E-state index contributed by atoms with van der Waals surface area (Å²) in [6, 6.07) is 0. The molecule has 0 saturated carbocycles. The van der Waals surface area contributed by atoms with Gasteiger partial charge < -0.3 is 29.9 Å². The Morgan fingerprint density at radius 1 is 1.36 bits per heavy atom. The zero-order chi connectivity index (χ0) is 8.70. The smallest absolute Gasteiger partial charge is 0.388 e. The number of rotatable bonds is 2. The molecule has 0 atom stereocenters. The largest absolute Gasteiger partial charge is 0.515 e. The van der Waals surface area contributed by atoms with Crippen LogP contribution in [-0.2, 0) is 9.47 Å². The third-order valence-corrected chi connectivity index (χ3v) is 1.22. The van der Waals surface area contributed by atoms with Gasteiger partial charge in [-0.3, -0.25) is 0 Å². The van der Waals surface area contributed by atoms with E-state index in [4.69, 9.17) is 20.4 Å². The Balaban J connectivity index is 2.72. The van der Waals surface area contributed by atoms with Crippen molar-refractivity contribution in [1.82, 2.24) is 0 Å². The standard InChI is InChI=1S/C4H6O7/c5-1-3(4(7,8)9)10-2(6)11-3/h5,7-9H,1H2. The third kappa shape index (κ3) is 1.03. The highest BCUT2D eigenvalue weighted by Crippen LogP contribution is 2.32. The predicted molar refractivity (Wildman–Crippen MR) is 26.8 cm³/mol. The summed E-state index contributed by atoms with van der Waals surface area (Å²) in [6.45, 7) is -1.05. The van der Waals surface area contributed by atoms with Crippen LogP contribution in [0.1, 0.15) is 0 Å². The summed E-state index contributed by atoms with van der Waals surface area (Å²) >= 11 is 0. The van der Waals surface area contributed by atoms with Gasteiger partial charge in [-0.25, -0.2) is 4.79 Å². The van der Waals surface area contributed by atoms with Crippen LogP contribution < -0.4 is 0 Å². The molecule has 0 radical (unpaired) electrons. The summed E-state index contributed by atoms with van der Waals surface area (Å²) in [5.41, 5.74) is 0. The Hall–Kier alpha value is -0.890.